The first-order valence-electron chi connectivity index (χ1n) is 8.84. The Balaban J connectivity index is 1.81. The predicted octanol–water partition coefficient (Wildman–Crippen LogP) is 2.63. The van der Waals surface area contributed by atoms with E-state index in [1.165, 1.54) is 5.56 Å². The second-order valence-corrected chi connectivity index (χ2v) is 7.40. The molecule has 1 aliphatic rings. The van der Waals surface area contributed by atoms with Crippen molar-refractivity contribution in [2.75, 3.05) is 26.7 Å². The molecule has 1 aliphatic heterocycles. The van der Waals surface area contributed by atoms with Gasteiger partial charge in [-0.1, -0.05) is 38.1 Å². The molecule has 1 aromatic carbocycles. The van der Waals surface area contributed by atoms with Crippen LogP contribution < -0.4 is 10.6 Å². The highest BCUT2D eigenvalue weighted by molar-refractivity contribution is 5.74. The number of urea groups is 1. The number of carbonyl (C=O) groups is 1. The Hall–Kier alpha value is -1.59. The van der Waals surface area contributed by atoms with Crippen LogP contribution in [-0.4, -0.2) is 48.3 Å². The number of rotatable bonds is 5. The first kappa shape index (κ1) is 18.7. The van der Waals surface area contributed by atoms with E-state index in [-0.39, 0.29) is 12.1 Å². The molecular weight excluding hydrogens is 302 g/mol. The van der Waals surface area contributed by atoms with Crippen LogP contribution in [0.25, 0.3) is 0 Å². The summed E-state index contributed by atoms with van der Waals surface area (Å²) in [7, 11) is 2.05. The zero-order valence-corrected chi connectivity index (χ0v) is 15.3. The summed E-state index contributed by atoms with van der Waals surface area (Å²) >= 11 is 0. The molecule has 24 heavy (non-hydrogen) atoms. The smallest absolute Gasteiger partial charge is 0.315 e. The third-order valence-electron chi connectivity index (χ3n) is 4.95. The molecule has 2 rings (SSSR count). The van der Waals surface area contributed by atoms with Crippen LogP contribution in [0, 0.1) is 0 Å². The maximum Gasteiger partial charge on any atom is 0.315 e. The van der Waals surface area contributed by atoms with Crippen LogP contribution in [0.2, 0.25) is 0 Å². The monoisotopic (exact) mass is 333 g/mol. The van der Waals surface area contributed by atoms with Gasteiger partial charge < -0.3 is 20.6 Å². The van der Waals surface area contributed by atoms with Gasteiger partial charge in [-0.05, 0) is 43.9 Å². The van der Waals surface area contributed by atoms with E-state index in [2.05, 4.69) is 53.6 Å². The van der Waals surface area contributed by atoms with Gasteiger partial charge in [0.25, 0.3) is 0 Å². The van der Waals surface area contributed by atoms with E-state index in [0.717, 1.165) is 18.7 Å². The largest absolute Gasteiger partial charge is 0.388 e. The third-order valence-corrected chi connectivity index (χ3v) is 4.95. The van der Waals surface area contributed by atoms with Crippen molar-refractivity contribution >= 4 is 6.03 Å². The summed E-state index contributed by atoms with van der Waals surface area (Å²) in [6.45, 7) is 8.31. The van der Waals surface area contributed by atoms with Crippen LogP contribution in [0.3, 0.4) is 0 Å². The van der Waals surface area contributed by atoms with Gasteiger partial charge in [0, 0.05) is 19.6 Å². The highest BCUT2D eigenvalue weighted by atomic mass is 16.3. The SMILES string of the molecule is CC(C)c1ccc(C(C)NC(=O)NCC2(O)CCN(C)CC2)cc1. The molecular formula is C19H31N3O2. The summed E-state index contributed by atoms with van der Waals surface area (Å²) in [5.74, 6) is 0.501. The number of nitrogens with zero attached hydrogens (tertiary/aromatic N) is 1. The lowest BCUT2D eigenvalue weighted by molar-refractivity contribution is -0.0123. The molecule has 3 N–H and O–H groups in total. The van der Waals surface area contributed by atoms with Gasteiger partial charge in [0.15, 0.2) is 0 Å². The van der Waals surface area contributed by atoms with Crippen molar-refractivity contribution < 1.29 is 9.90 Å². The normalized spacial score (nSPS) is 19.1. The minimum Gasteiger partial charge on any atom is -0.388 e. The molecule has 5 nitrogen and oxygen atoms in total. The summed E-state index contributed by atoms with van der Waals surface area (Å²) < 4.78 is 0. The Morgan fingerprint density at radius 2 is 1.71 bits per heavy atom. The Bertz CT molecular complexity index is 534. The molecule has 0 bridgehead atoms. The highest BCUT2D eigenvalue weighted by Crippen LogP contribution is 2.21. The third kappa shape index (κ3) is 5.21. The Morgan fingerprint density at radius 3 is 2.25 bits per heavy atom. The van der Waals surface area contributed by atoms with Crippen LogP contribution in [0.5, 0.6) is 0 Å². The first-order chi connectivity index (χ1) is 11.3. The van der Waals surface area contributed by atoms with E-state index in [0.29, 0.717) is 25.3 Å². The number of likely N-dealkylation sites (tertiary alicyclic amines) is 1. The molecule has 134 valence electrons. The maximum absolute atomic E-state index is 12.1. The molecule has 1 saturated heterocycles. The molecule has 1 atom stereocenters. The van der Waals surface area contributed by atoms with Gasteiger partial charge in [-0.15, -0.1) is 0 Å². The van der Waals surface area contributed by atoms with E-state index >= 15 is 0 Å². The Kier molecular flexibility index (Phi) is 6.24. The first-order valence-corrected chi connectivity index (χ1v) is 8.84. The second-order valence-electron chi connectivity index (χ2n) is 7.40. The van der Waals surface area contributed by atoms with Crippen LogP contribution >= 0.6 is 0 Å². The average Bonchev–Trinajstić information content (AvgIpc) is 2.56. The average molecular weight is 333 g/mol. The summed E-state index contributed by atoms with van der Waals surface area (Å²) in [6.07, 6.45) is 1.38. The Morgan fingerprint density at radius 1 is 1.17 bits per heavy atom. The van der Waals surface area contributed by atoms with E-state index in [1.54, 1.807) is 0 Å². The second kappa shape index (κ2) is 7.99. The van der Waals surface area contributed by atoms with E-state index in [1.807, 2.05) is 14.0 Å². The molecule has 1 aromatic rings. The van der Waals surface area contributed by atoms with Crippen LogP contribution in [0.1, 0.15) is 56.7 Å². The molecule has 0 spiro atoms. The molecule has 1 unspecified atom stereocenters. The van der Waals surface area contributed by atoms with Crippen LogP contribution in [-0.2, 0) is 0 Å². The zero-order chi connectivity index (χ0) is 17.7. The van der Waals surface area contributed by atoms with Gasteiger partial charge in [-0.25, -0.2) is 4.79 Å². The molecule has 2 amide bonds. The van der Waals surface area contributed by atoms with Crippen LogP contribution in [0.4, 0.5) is 4.79 Å². The van der Waals surface area contributed by atoms with Gasteiger partial charge >= 0.3 is 6.03 Å². The van der Waals surface area contributed by atoms with Crippen molar-refractivity contribution in [1.82, 2.24) is 15.5 Å². The van der Waals surface area contributed by atoms with Crippen molar-refractivity contribution in [2.45, 2.75) is 51.2 Å². The highest BCUT2D eigenvalue weighted by Gasteiger charge is 2.31. The van der Waals surface area contributed by atoms with Crippen LogP contribution in [0.15, 0.2) is 24.3 Å². The summed E-state index contributed by atoms with van der Waals surface area (Å²) in [4.78, 5) is 14.3. The van der Waals surface area contributed by atoms with Gasteiger partial charge in [0.05, 0.1) is 11.6 Å². The fraction of sp³-hybridized carbons (Fsp3) is 0.632. The number of amides is 2. The van der Waals surface area contributed by atoms with Gasteiger partial charge in [-0.2, -0.15) is 0 Å². The number of benzene rings is 1. The lowest BCUT2D eigenvalue weighted by atomic mass is 9.92. The summed E-state index contributed by atoms with van der Waals surface area (Å²) in [6, 6.07) is 8.03. The molecule has 0 aromatic heterocycles. The minimum absolute atomic E-state index is 0.0710. The van der Waals surface area contributed by atoms with Crippen molar-refractivity contribution in [3.63, 3.8) is 0 Å². The molecule has 1 heterocycles. The molecule has 0 saturated carbocycles. The summed E-state index contributed by atoms with van der Waals surface area (Å²) in [5, 5.41) is 16.3. The van der Waals surface area contributed by atoms with Gasteiger partial charge in [0.2, 0.25) is 0 Å². The van der Waals surface area contributed by atoms with Gasteiger partial charge in [0.1, 0.15) is 0 Å². The van der Waals surface area contributed by atoms with Gasteiger partial charge in [-0.3, -0.25) is 0 Å². The van der Waals surface area contributed by atoms with Crippen molar-refractivity contribution in [3.05, 3.63) is 35.4 Å². The van der Waals surface area contributed by atoms with E-state index < -0.39 is 5.60 Å². The number of hydrogen-bond acceptors (Lipinski definition) is 3. The fourth-order valence-corrected chi connectivity index (χ4v) is 2.96. The molecule has 5 heteroatoms. The number of nitrogens with one attached hydrogen (secondary N) is 2. The standard InChI is InChI=1S/C19H31N3O2/c1-14(2)16-5-7-17(8-6-16)15(3)21-18(23)20-13-19(24)9-11-22(4)12-10-19/h5-8,14-15,24H,9-13H2,1-4H3,(H2,20,21,23). The van der Waals surface area contributed by atoms with E-state index in [9.17, 15) is 9.90 Å². The Labute approximate surface area is 145 Å². The minimum atomic E-state index is -0.786. The number of piperidine rings is 1. The van der Waals surface area contributed by atoms with E-state index in [4.69, 9.17) is 0 Å². The number of aliphatic hydroxyl groups is 1. The number of hydrogen-bond donors (Lipinski definition) is 3. The fourth-order valence-electron chi connectivity index (χ4n) is 2.96. The quantitative estimate of drug-likeness (QED) is 0.776. The van der Waals surface area contributed by atoms with Crippen molar-refractivity contribution in [3.8, 4) is 0 Å². The zero-order valence-electron chi connectivity index (χ0n) is 15.3. The van der Waals surface area contributed by atoms with Crippen molar-refractivity contribution in [2.24, 2.45) is 0 Å². The van der Waals surface area contributed by atoms with Crippen molar-refractivity contribution in [1.29, 1.82) is 0 Å². The predicted molar refractivity (Wildman–Crippen MR) is 97.2 cm³/mol. The summed E-state index contributed by atoms with van der Waals surface area (Å²) in [5.41, 5.74) is 1.58. The topological polar surface area (TPSA) is 64.6 Å². The molecule has 0 radical (unpaired) electrons. The molecule has 1 fully saturated rings. The lowest BCUT2D eigenvalue weighted by Crippen LogP contribution is -2.51. The maximum atomic E-state index is 12.1. The lowest BCUT2D eigenvalue weighted by Gasteiger charge is -2.36. The molecule has 0 aliphatic carbocycles. The number of carbonyl (C=O) groups excluding carboxylic acids is 1.